The Morgan fingerprint density at radius 1 is 0.700 bits per heavy atom. The lowest BCUT2D eigenvalue weighted by Gasteiger charge is -2.02. The highest BCUT2D eigenvalue weighted by Crippen LogP contribution is 2.12. The van der Waals surface area contributed by atoms with E-state index in [-0.39, 0.29) is 0 Å². The number of aldehydes is 1. The Kier molecular flexibility index (Phi) is 15.9. The first kappa shape index (κ1) is 19.3. The molecule has 0 bridgehead atoms. The fraction of sp³-hybridized carbons (Fsp3) is 0.889. The fourth-order valence-electron chi connectivity index (χ4n) is 2.48. The van der Waals surface area contributed by atoms with Crippen LogP contribution in [0.1, 0.15) is 103 Å². The van der Waals surface area contributed by atoms with Crippen LogP contribution in [0.4, 0.5) is 0 Å². The van der Waals surface area contributed by atoms with E-state index < -0.39 is 0 Å². The van der Waals surface area contributed by atoms with E-state index in [0.29, 0.717) is 12.2 Å². The summed E-state index contributed by atoms with van der Waals surface area (Å²) < 4.78 is 0. The smallest absolute Gasteiger partial charge is 0.132 e. The van der Waals surface area contributed by atoms with E-state index in [2.05, 4.69) is 6.92 Å². The quantitative estimate of drug-likeness (QED) is 0.272. The first-order chi connectivity index (χ1) is 9.81. The molecule has 0 N–H and O–H groups in total. The molecule has 0 spiro atoms. The van der Waals surface area contributed by atoms with Gasteiger partial charge in [-0.1, -0.05) is 64.7 Å². The van der Waals surface area contributed by atoms with Gasteiger partial charge in [-0.05, 0) is 19.3 Å². The molecule has 0 amide bonds. The molecule has 0 radical (unpaired) electrons. The van der Waals surface area contributed by atoms with Gasteiger partial charge in [0.2, 0.25) is 0 Å². The van der Waals surface area contributed by atoms with Crippen LogP contribution < -0.4 is 0 Å². The highest BCUT2D eigenvalue weighted by atomic mass is 16.1. The van der Waals surface area contributed by atoms with Crippen molar-refractivity contribution < 1.29 is 9.59 Å². The lowest BCUT2D eigenvalue weighted by Crippen LogP contribution is -1.97. The van der Waals surface area contributed by atoms with E-state index in [1.165, 1.54) is 51.4 Å². The van der Waals surface area contributed by atoms with Gasteiger partial charge in [0.15, 0.2) is 0 Å². The maximum absolute atomic E-state index is 11.6. The fourth-order valence-corrected chi connectivity index (χ4v) is 2.48. The zero-order valence-electron chi connectivity index (χ0n) is 13.5. The van der Waals surface area contributed by atoms with Crippen molar-refractivity contribution in [1.29, 1.82) is 0 Å². The second-order valence-corrected chi connectivity index (χ2v) is 5.88. The normalized spacial score (nSPS) is 10.7. The molecule has 118 valence electrons. The van der Waals surface area contributed by atoms with E-state index in [4.69, 9.17) is 0 Å². The molecule has 0 atom stereocenters. The highest BCUT2D eigenvalue weighted by molar-refractivity contribution is 5.78. The van der Waals surface area contributed by atoms with Crippen molar-refractivity contribution in [2.45, 2.75) is 103 Å². The molecular formula is C18H34O2. The number of unbranched alkanes of at least 4 members (excludes halogenated alkanes) is 11. The van der Waals surface area contributed by atoms with Gasteiger partial charge in [-0.25, -0.2) is 0 Å². The first-order valence-corrected chi connectivity index (χ1v) is 8.76. The number of hydrogen-bond acceptors (Lipinski definition) is 2. The van der Waals surface area contributed by atoms with E-state index in [0.717, 1.165) is 44.8 Å². The summed E-state index contributed by atoms with van der Waals surface area (Å²) in [5, 5.41) is 0. The van der Waals surface area contributed by atoms with Crippen LogP contribution >= 0.6 is 0 Å². The number of ketones is 1. The predicted octanol–water partition coefficient (Wildman–Crippen LogP) is 5.63. The van der Waals surface area contributed by atoms with Crippen LogP contribution in [0.5, 0.6) is 0 Å². The summed E-state index contributed by atoms with van der Waals surface area (Å²) in [7, 11) is 0. The second-order valence-electron chi connectivity index (χ2n) is 5.88. The third-order valence-corrected chi connectivity index (χ3v) is 3.84. The van der Waals surface area contributed by atoms with Crippen molar-refractivity contribution >= 4 is 12.1 Å². The first-order valence-electron chi connectivity index (χ1n) is 8.76. The molecule has 20 heavy (non-hydrogen) atoms. The molecule has 0 saturated heterocycles. The summed E-state index contributed by atoms with van der Waals surface area (Å²) >= 11 is 0. The van der Waals surface area contributed by atoms with Crippen LogP contribution in [0, 0.1) is 0 Å². The van der Waals surface area contributed by atoms with Crippen LogP contribution in [0.25, 0.3) is 0 Å². The Bertz CT molecular complexity index is 223. The van der Waals surface area contributed by atoms with E-state index in [9.17, 15) is 9.59 Å². The number of Topliss-reactive ketones (excluding diaryl/α,β-unsaturated/α-hetero) is 1. The van der Waals surface area contributed by atoms with E-state index in [1.54, 1.807) is 0 Å². The minimum absolute atomic E-state index is 0.416. The lowest BCUT2D eigenvalue weighted by atomic mass is 10.0. The zero-order chi connectivity index (χ0) is 14.9. The van der Waals surface area contributed by atoms with Gasteiger partial charge in [-0.15, -0.1) is 0 Å². The van der Waals surface area contributed by atoms with Crippen LogP contribution in [0.3, 0.4) is 0 Å². The molecule has 0 rings (SSSR count). The summed E-state index contributed by atoms with van der Waals surface area (Å²) in [6.07, 6.45) is 17.8. The molecule has 0 fully saturated rings. The van der Waals surface area contributed by atoms with Crippen molar-refractivity contribution in [1.82, 2.24) is 0 Å². The summed E-state index contributed by atoms with van der Waals surface area (Å²) in [6.45, 7) is 2.25. The predicted molar refractivity (Wildman–Crippen MR) is 86.0 cm³/mol. The topological polar surface area (TPSA) is 34.1 Å². The van der Waals surface area contributed by atoms with Crippen LogP contribution in [-0.4, -0.2) is 12.1 Å². The van der Waals surface area contributed by atoms with Crippen molar-refractivity contribution in [3.8, 4) is 0 Å². The van der Waals surface area contributed by atoms with Gasteiger partial charge in [-0.2, -0.15) is 0 Å². The molecule has 0 aromatic rings. The minimum atomic E-state index is 0.416. The zero-order valence-corrected chi connectivity index (χ0v) is 13.5. The minimum Gasteiger partial charge on any atom is -0.303 e. The number of rotatable bonds is 16. The molecule has 2 heteroatoms. The van der Waals surface area contributed by atoms with Crippen LogP contribution in [0.2, 0.25) is 0 Å². The Balaban J connectivity index is 3.13. The van der Waals surface area contributed by atoms with Gasteiger partial charge in [0.25, 0.3) is 0 Å². The van der Waals surface area contributed by atoms with Crippen LogP contribution in [0.15, 0.2) is 0 Å². The van der Waals surface area contributed by atoms with Gasteiger partial charge in [0, 0.05) is 19.3 Å². The number of carbonyl (C=O) groups excluding carboxylic acids is 2. The molecule has 0 aromatic heterocycles. The largest absolute Gasteiger partial charge is 0.303 e. The molecular weight excluding hydrogens is 248 g/mol. The van der Waals surface area contributed by atoms with Gasteiger partial charge >= 0.3 is 0 Å². The van der Waals surface area contributed by atoms with Gasteiger partial charge in [-0.3, -0.25) is 4.79 Å². The molecule has 0 aliphatic heterocycles. The van der Waals surface area contributed by atoms with Crippen molar-refractivity contribution in [2.75, 3.05) is 0 Å². The van der Waals surface area contributed by atoms with E-state index >= 15 is 0 Å². The van der Waals surface area contributed by atoms with Crippen molar-refractivity contribution in [3.63, 3.8) is 0 Å². The number of hydrogen-bond donors (Lipinski definition) is 0. The van der Waals surface area contributed by atoms with Gasteiger partial charge < -0.3 is 4.79 Å². The SMILES string of the molecule is CCCCCCCCCCCC(=O)CCCCCC=O. The van der Waals surface area contributed by atoms with Gasteiger partial charge in [0.05, 0.1) is 0 Å². The van der Waals surface area contributed by atoms with E-state index in [1.807, 2.05) is 0 Å². The lowest BCUT2D eigenvalue weighted by molar-refractivity contribution is -0.119. The molecule has 0 aliphatic carbocycles. The number of carbonyl (C=O) groups is 2. The standard InChI is InChI=1S/C18H34O2/c1-2-3-4-5-6-7-8-9-12-15-18(20)16-13-10-11-14-17-19/h17H,2-16H2,1H3. The second kappa shape index (κ2) is 16.4. The van der Waals surface area contributed by atoms with Gasteiger partial charge in [0.1, 0.15) is 12.1 Å². The maximum Gasteiger partial charge on any atom is 0.132 e. The Morgan fingerprint density at radius 3 is 1.65 bits per heavy atom. The molecule has 0 aromatic carbocycles. The monoisotopic (exact) mass is 282 g/mol. The summed E-state index contributed by atoms with van der Waals surface area (Å²) in [5.41, 5.74) is 0. The molecule has 0 aliphatic rings. The van der Waals surface area contributed by atoms with Crippen LogP contribution in [-0.2, 0) is 9.59 Å². The summed E-state index contributed by atoms with van der Waals surface area (Å²) in [5.74, 6) is 0.416. The molecule has 0 heterocycles. The van der Waals surface area contributed by atoms with Crippen molar-refractivity contribution in [3.05, 3.63) is 0 Å². The summed E-state index contributed by atoms with van der Waals surface area (Å²) in [6, 6.07) is 0. The highest BCUT2D eigenvalue weighted by Gasteiger charge is 2.01. The molecule has 0 saturated carbocycles. The third kappa shape index (κ3) is 15.4. The molecule has 0 unspecified atom stereocenters. The third-order valence-electron chi connectivity index (χ3n) is 3.84. The average Bonchev–Trinajstić information content (AvgIpc) is 2.45. The van der Waals surface area contributed by atoms with Crippen molar-refractivity contribution in [2.24, 2.45) is 0 Å². The average molecular weight is 282 g/mol. The Morgan fingerprint density at radius 2 is 1.15 bits per heavy atom. The maximum atomic E-state index is 11.6. The Hall–Kier alpha value is -0.660. The molecule has 2 nitrogen and oxygen atoms in total. The summed E-state index contributed by atoms with van der Waals surface area (Å²) in [4.78, 5) is 21.7. The Labute approximate surface area is 125 Å².